The van der Waals surface area contributed by atoms with Crippen molar-refractivity contribution in [3.8, 4) is 17.5 Å². The summed E-state index contributed by atoms with van der Waals surface area (Å²) in [5.41, 5.74) is 2.49. The largest absolute Gasteiger partial charge is 0.496 e. The van der Waals surface area contributed by atoms with Crippen molar-refractivity contribution in [1.82, 2.24) is 9.36 Å². The minimum absolute atomic E-state index is 0.103. The zero-order valence-electron chi connectivity index (χ0n) is 17.3. The molecular weight excluding hydrogens is 380 g/mol. The monoisotopic (exact) mass is 402 g/mol. The summed E-state index contributed by atoms with van der Waals surface area (Å²) in [6, 6.07) is 16.4. The van der Waals surface area contributed by atoms with E-state index in [1.807, 2.05) is 37.3 Å². The summed E-state index contributed by atoms with van der Waals surface area (Å²) in [5.74, 6) is 0.0773. The lowest BCUT2D eigenvalue weighted by molar-refractivity contribution is -0.112. The van der Waals surface area contributed by atoms with Gasteiger partial charge in [-0.15, -0.1) is 0 Å². The van der Waals surface area contributed by atoms with Crippen molar-refractivity contribution in [3.05, 3.63) is 81.3 Å². The average molecular weight is 402 g/mol. The lowest BCUT2D eigenvalue weighted by Gasteiger charge is -2.07. The van der Waals surface area contributed by atoms with Gasteiger partial charge in [-0.05, 0) is 55.3 Å². The van der Waals surface area contributed by atoms with Crippen molar-refractivity contribution in [1.29, 1.82) is 5.26 Å². The summed E-state index contributed by atoms with van der Waals surface area (Å²) in [4.78, 5) is 25.7. The van der Waals surface area contributed by atoms with Gasteiger partial charge in [0, 0.05) is 7.05 Å². The number of anilines is 1. The molecule has 3 rings (SSSR count). The van der Waals surface area contributed by atoms with Crippen LogP contribution in [-0.4, -0.2) is 22.4 Å². The van der Waals surface area contributed by atoms with Crippen LogP contribution >= 0.6 is 0 Å². The van der Waals surface area contributed by atoms with Crippen LogP contribution in [0.3, 0.4) is 0 Å². The smallest absolute Gasteiger partial charge is 0.295 e. The van der Waals surface area contributed by atoms with E-state index in [0.717, 1.165) is 11.3 Å². The Hall–Kier alpha value is -4.05. The molecule has 0 aliphatic rings. The van der Waals surface area contributed by atoms with E-state index in [-0.39, 0.29) is 16.8 Å². The van der Waals surface area contributed by atoms with E-state index in [1.54, 1.807) is 50.0 Å². The molecule has 3 aromatic rings. The van der Waals surface area contributed by atoms with E-state index in [2.05, 4.69) is 5.32 Å². The first-order valence-corrected chi connectivity index (χ1v) is 9.29. The number of carbonyl (C=O) groups excluding carboxylic acids is 1. The van der Waals surface area contributed by atoms with Gasteiger partial charge < -0.3 is 10.1 Å². The SMILES string of the molecule is COc1ccc(/C=C(\C#N)C(=O)Nc2c(C)n(C)n(-c3ccccc3)c2=O)cc1C. The van der Waals surface area contributed by atoms with Gasteiger partial charge in [0.25, 0.3) is 11.5 Å². The van der Waals surface area contributed by atoms with Crippen LogP contribution in [0.1, 0.15) is 16.8 Å². The van der Waals surface area contributed by atoms with E-state index < -0.39 is 5.91 Å². The van der Waals surface area contributed by atoms with Crippen molar-refractivity contribution in [3.63, 3.8) is 0 Å². The van der Waals surface area contributed by atoms with Gasteiger partial charge in [-0.1, -0.05) is 24.3 Å². The van der Waals surface area contributed by atoms with Crippen molar-refractivity contribution < 1.29 is 9.53 Å². The molecule has 0 aliphatic heterocycles. The molecule has 1 N–H and O–H groups in total. The van der Waals surface area contributed by atoms with Gasteiger partial charge in [0.05, 0.1) is 18.5 Å². The molecule has 0 unspecified atom stereocenters. The molecule has 1 aromatic heterocycles. The Labute approximate surface area is 174 Å². The van der Waals surface area contributed by atoms with Gasteiger partial charge in [0.2, 0.25) is 0 Å². The fourth-order valence-electron chi connectivity index (χ4n) is 3.20. The molecule has 0 atom stereocenters. The quantitative estimate of drug-likeness (QED) is 0.524. The second-order valence-corrected chi connectivity index (χ2v) is 6.79. The third-order valence-corrected chi connectivity index (χ3v) is 4.89. The maximum Gasteiger partial charge on any atom is 0.295 e. The Balaban J connectivity index is 1.94. The van der Waals surface area contributed by atoms with Gasteiger partial charge in [-0.25, -0.2) is 4.68 Å². The summed E-state index contributed by atoms with van der Waals surface area (Å²) in [6.45, 7) is 3.61. The highest BCUT2D eigenvalue weighted by Gasteiger charge is 2.20. The number of nitrogens with zero attached hydrogens (tertiary/aromatic N) is 3. The fourth-order valence-corrected chi connectivity index (χ4v) is 3.20. The number of ether oxygens (including phenoxy) is 1. The Morgan fingerprint density at radius 1 is 1.17 bits per heavy atom. The van der Waals surface area contributed by atoms with Gasteiger partial charge in [0.1, 0.15) is 23.1 Å². The zero-order valence-corrected chi connectivity index (χ0v) is 17.3. The Kier molecular flexibility index (Phi) is 5.88. The van der Waals surface area contributed by atoms with Gasteiger partial charge >= 0.3 is 0 Å². The van der Waals surface area contributed by atoms with Crippen molar-refractivity contribution in [2.45, 2.75) is 13.8 Å². The van der Waals surface area contributed by atoms with Crippen LogP contribution in [0, 0.1) is 25.2 Å². The molecule has 7 heteroatoms. The van der Waals surface area contributed by atoms with Crippen LogP contribution < -0.4 is 15.6 Å². The number of hydrogen-bond donors (Lipinski definition) is 1. The lowest BCUT2D eigenvalue weighted by atomic mass is 10.1. The molecule has 0 saturated carbocycles. The van der Waals surface area contributed by atoms with Crippen molar-refractivity contribution in [2.75, 3.05) is 12.4 Å². The maximum atomic E-state index is 12.9. The number of para-hydroxylation sites is 1. The van der Waals surface area contributed by atoms with E-state index in [9.17, 15) is 14.9 Å². The van der Waals surface area contributed by atoms with Crippen LogP contribution in [0.15, 0.2) is 58.9 Å². The number of nitriles is 1. The Morgan fingerprint density at radius 3 is 2.47 bits per heavy atom. The molecule has 0 spiro atoms. The van der Waals surface area contributed by atoms with Crippen LogP contribution in [0.2, 0.25) is 0 Å². The number of aromatic nitrogens is 2. The predicted molar refractivity (Wildman–Crippen MR) is 116 cm³/mol. The molecule has 1 heterocycles. The topological polar surface area (TPSA) is 89.0 Å². The zero-order chi connectivity index (χ0) is 21.8. The Bertz CT molecular complexity index is 1230. The van der Waals surface area contributed by atoms with Gasteiger partial charge in [-0.3, -0.25) is 14.3 Å². The second kappa shape index (κ2) is 8.53. The van der Waals surface area contributed by atoms with Crippen LogP contribution in [0.25, 0.3) is 11.8 Å². The fraction of sp³-hybridized carbons (Fsp3) is 0.174. The van der Waals surface area contributed by atoms with Crippen LogP contribution in [-0.2, 0) is 11.8 Å². The highest BCUT2D eigenvalue weighted by atomic mass is 16.5. The first-order valence-electron chi connectivity index (χ1n) is 9.29. The van der Waals surface area contributed by atoms with E-state index in [1.165, 1.54) is 10.8 Å². The minimum Gasteiger partial charge on any atom is -0.496 e. The van der Waals surface area contributed by atoms with E-state index in [0.29, 0.717) is 16.9 Å². The molecule has 0 radical (unpaired) electrons. The molecule has 0 aliphatic carbocycles. The number of rotatable bonds is 5. The number of aryl methyl sites for hydroxylation is 1. The number of carbonyl (C=O) groups is 1. The lowest BCUT2D eigenvalue weighted by Crippen LogP contribution is -2.23. The van der Waals surface area contributed by atoms with E-state index in [4.69, 9.17) is 4.74 Å². The van der Waals surface area contributed by atoms with E-state index >= 15 is 0 Å². The van der Waals surface area contributed by atoms with Crippen molar-refractivity contribution >= 4 is 17.7 Å². The minimum atomic E-state index is -0.642. The normalized spacial score (nSPS) is 11.1. The molecule has 152 valence electrons. The highest BCUT2D eigenvalue weighted by Crippen LogP contribution is 2.21. The van der Waals surface area contributed by atoms with Crippen LogP contribution in [0.5, 0.6) is 5.75 Å². The van der Waals surface area contributed by atoms with Crippen molar-refractivity contribution in [2.24, 2.45) is 7.05 Å². The molecule has 0 fully saturated rings. The first kappa shape index (κ1) is 20.7. The van der Waals surface area contributed by atoms with Gasteiger partial charge in [-0.2, -0.15) is 5.26 Å². The molecular formula is C23H22N4O3. The number of methoxy groups -OCH3 is 1. The number of amides is 1. The summed E-state index contributed by atoms with van der Waals surface area (Å²) < 4.78 is 8.36. The second-order valence-electron chi connectivity index (χ2n) is 6.79. The maximum absolute atomic E-state index is 12.9. The summed E-state index contributed by atoms with van der Waals surface area (Å²) >= 11 is 0. The number of nitrogens with one attached hydrogen (secondary N) is 1. The first-order chi connectivity index (χ1) is 14.4. The Morgan fingerprint density at radius 2 is 1.87 bits per heavy atom. The summed E-state index contributed by atoms with van der Waals surface area (Å²) in [7, 11) is 3.32. The van der Waals surface area contributed by atoms with Gasteiger partial charge in [0.15, 0.2) is 0 Å². The number of benzene rings is 2. The predicted octanol–water partition coefficient (Wildman–Crippen LogP) is 3.35. The van der Waals surface area contributed by atoms with Crippen LogP contribution in [0.4, 0.5) is 5.69 Å². The summed E-state index contributed by atoms with van der Waals surface area (Å²) in [5, 5.41) is 12.1. The highest BCUT2D eigenvalue weighted by molar-refractivity contribution is 6.09. The summed E-state index contributed by atoms with van der Waals surface area (Å²) in [6.07, 6.45) is 1.48. The average Bonchev–Trinajstić information content (AvgIpc) is 2.95. The molecule has 7 nitrogen and oxygen atoms in total. The number of hydrogen-bond acceptors (Lipinski definition) is 4. The molecule has 0 saturated heterocycles. The third-order valence-electron chi connectivity index (χ3n) is 4.89. The standard InChI is InChI=1S/C23H22N4O3/c1-15-12-17(10-11-20(15)30-4)13-18(14-24)22(28)25-21-16(2)26(3)27(23(21)29)19-8-6-5-7-9-19/h5-13H,1-4H3,(H,25,28)/b18-13+. The molecule has 1 amide bonds. The molecule has 30 heavy (non-hydrogen) atoms. The molecule has 2 aromatic carbocycles. The molecule has 0 bridgehead atoms. The third kappa shape index (κ3) is 3.89.